The minimum Gasteiger partial charge on any atom is -0.504 e. The van der Waals surface area contributed by atoms with Gasteiger partial charge in [0.1, 0.15) is 5.57 Å². The minimum absolute atomic E-state index is 0.0170. The summed E-state index contributed by atoms with van der Waals surface area (Å²) in [5.74, 6) is -2.86. The summed E-state index contributed by atoms with van der Waals surface area (Å²) in [5.41, 5.74) is 0.171. The number of barbiturate groups is 1. The topological polar surface area (TPSA) is 133 Å². The summed E-state index contributed by atoms with van der Waals surface area (Å²) in [6.07, 6.45) is 1.25. The van der Waals surface area contributed by atoms with Gasteiger partial charge in [0, 0.05) is 0 Å². The highest BCUT2D eigenvalue weighted by Crippen LogP contribution is 2.28. The number of imide groups is 2. The van der Waals surface area contributed by atoms with Crippen LogP contribution in [0.25, 0.3) is 6.08 Å². The van der Waals surface area contributed by atoms with Crippen molar-refractivity contribution in [1.29, 1.82) is 0 Å². The molecule has 9 heteroatoms. The first kappa shape index (κ1) is 18.6. The number of anilines is 1. The zero-order valence-electron chi connectivity index (χ0n) is 14.5. The van der Waals surface area contributed by atoms with E-state index in [0.29, 0.717) is 5.56 Å². The predicted molar refractivity (Wildman–Crippen MR) is 97.1 cm³/mol. The Morgan fingerprint density at radius 1 is 1.11 bits per heavy atom. The number of hydrogen-bond acceptors (Lipinski definition) is 6. The Morgan fingerprint density at radius 2 is 1.79 bits per heavy atom. The molecule has 1 saturated heterocycles. The molecule has 9 nitrogen and oxygen atoms in total. The van der Waals surface area contributed by atoms with Crippen LogP contribution in [-0.2, 0) is 9.59 Å². The third-order valence-electron chi connectivity index (χ3n) is 3.99. The van der Waals surface area contributed by atoms with Gasteiger partial charge >= 0.3 is 12.0 Å². The number of carbonyl (C=O) groups is 4. The summed E-state index contributed by atoms with van der Waals surface area (Å²) >= 11 is 0. The van der Waals surface area contributed by atoms with Crippen molar-refractivity contribution in [2.75, 3.05) is 12.0 Å². The number of nitrogens with one attached hydrogen (secondary N) is 1. The number of carboxylic acids is 1. The number of methoxy groups -OCH3 is 1. The predicted octanol–water partition coefficient (Wildman–Crippen LogP) is 1.77. The Bertz CT molecular complexity index is 1030. The fourth-order valence-corrected chi connectivity index (χ4v) is 2.60. The number of ether oxygens (including phenoxy) is 1. The average molecular weight is 382 g/mol. The van der Waals surface area contributed by atoms with Crippen molar-refractivity contribution in [2.45, 2.75) is 0 Å². The van der Waals surface area contributed by atoms with Gasteiger partial charge in [0.25, 0.3) is 11.8 Å². The Hall–Kier alpha value is -4.14. The van der Waals surface area contributed by atoms with Crippen LogP contribution in [0.2, 0.25) is 0 Å². The number of rotatable bonds is 4. The van der Waals surface area contributed by atoms with E-state index >= 15 is 0 Å². The second-order valence-corrected chi connectivity index (χ2v) is 5.74. The highest BCUT2D eigenvalue weighted by molar-refractivity contribution is 6.39. The minimum atomic E-state index is -1.15. The van der Waals surface area contributed by atoms with Crippen molar-refractivity contribution in [3.63, 3.8) is 0 Å². The van der Waals surface area contributed by atoms with Crippen LogP contribution in [-0.4, -0.2) is 41.1 Å². The number of phenols is 1. The van der Waals surface area contributed by atoms with E-state index in [1.165, 1.54) is 55.7 Å². The molecule has 1 heterocycles. The second-order valence-electron chi connectivity index (χ2n) is 5.74. The van der Waals surface area contributed by atoms with Crippen LogP contribution in [0.3, 0.4) is 0 Å². The largest absolute Gasteiger partial charge is 0.504 e. The number of phenolic OH excluding ortho intramolecular Hbond substituents is 1. The van der Waals surface area contributed by atoms with Gasteiger partial charge in [-0.15, -0.1) is 0 Å². The second kappa shape index (κ2) is 7.23. The normalized spacial score (nSPS) is 15.5. The number of benzene rings is 2. The summed E-state index contributed by atoms with van der Waals surface area (Å²) in [7, 11) is 1.35. The Kier molecular flexibility index (Phi) is 4.82. The molecule has 28 heavy (non-hydrogen) atoms. The zero-order valence-corrected chi connectivity index (χ0v) is 14.5. The summed E-state index contributed by atoms with van der Waals surface area (Å²) in [6.45, 7) is 0. The van der Waals surface area contributed by atoms with Gasteiger partial charge < -0.3 is 14.9 Å². The first-order chi connectivity index (χ1) is 13.3. The molecule has 1 fully saturated rings. The smallest absolute Gasteiger partial charge is 0.335 e. The molecular formula is C19H14N2O7. The molecule has 2 aromatic carbocycles. The van der Waals surface area contributed by atoms with Crippen molar-refractivity contribution in [3.05, 3.63) is 59.2 Å². The molecule has 1 aliphatic rings. The maximum atomic E-state index is 12.8. The van der Waals surface area contributed by atoms with Gasteiger partial charge in [0.05, 0.1) is 18.4 Å². The maximum absolute atomic E-state index is 12.8. The van der Waals surface area contributed by atoms with E-state index in [-0.39, 0.29) is 28.3 Å². The van der Waals surface area contributed by atoms with Crippen molar-refractivity contribution >= 4 is 35.6 Å². The van der Waals surface area contributed by atoms with E-state index < -0.39 is 23.8 Å². The third kappa shape index (κ3) is 3.40. The van der Waals surface area contributed by atoms with E-state index in [0.717, 1.165) is 4.90 Å². The van der Waals surface area contributed by atoms with Crippen LogP contribution in [0.15, 0.2) is 48.0 Å². The quantitative estimate of drug-likeness (QED) is 0.542. The number of urea groups is 1. The van der Waals surface area contributed by atoms with Crippen LogP contribution >= 0.6 is 0 Å². The van der Waals surface area contributed by atoms with Gasteiger partial charge in [-0.3, -0.25) is 14.9 Å². The average Bonchev–Trinajstić information content (AvgIpc) is 2.66. The van der Waals surface area contributed by atoms with Gasteiger partial charge in [0.15, 0.2) is 11.5 Å². The first-order valence-corrected chi connectivity index (χ1v) is 7.93. The maximum Gasteiger partial charge on any atom is 0.335 e. The highest BCUT2D eigenvalue weighted by atomic mass is 16.5. The number of carbonyl (C=O) groups excluding carboxylic acids is 3. The molecule has 142 valence electrons. The summed E-state index contributed by atoms with van der Waals surface area (Å²) < 4.78 is 4.99. The lowest BCUT2D eigenvalue weighted by Gasteiger charge is -2.26. The molecular weight excluding hydrogens is 368 g/mol. The molecule has 2 aromatic rings. The number of carboxylic acid groups (broad SMARTS) is 1. The van der Waals surface area contributed by atoms with Gasteiger partial charge in [-0.25, -0.2) is 14.5 Å². The lowest BCUT2D eigenvalue weighted by molar-refractivity contribution is -0.122. The molecule has 3 rings (SSSR count). The molecule has 0 atom stereocenters. The van der Waals surface area contributed by atoms with E-state index in [1.54, 1.807) is 0 Å². The molecule has 0 saturated carbocycles. The van der Waals surface area contributed by atoms with Gasteiger partial charge in [-0.05, 0) is 48.0 Å². The van der Waals surface area contributed by atoms with E-state index in [1.807, 2.05) is 0 Å². The van der Waals surface area contributed by atoms with Crippen LogP contribution < -0.4 is 15.0 Å². The van der Waals surface area contributed by atoms with Gasteiger partial charge in [0.2, 0.25) is 0 Å². The Balaban J connectivity index is 1.99. The third-order valence-corrected chi connectivity index (χ3v) is 3.99. The van der Waals surface area contributed by atoms with Crippen molar-refractivity contribution < 1.29 is 34.1 Å². The van der Waals surface area contributed by atoms with E-state index in [2.05, 4.69) is 5.32 Å². The number of aromatic carboxylic acids is 1. The Morgan fingerprint density at radius 3 is 2.39 bits per heavy atom. The van der Waals surface area contributed by atoms with Crippen LogP contribution in [0, 0.1) is 0 Å². The lowest BCUT2D eigenvalue weighted by atomic mass is 10.1. The number of amides is 4. The number of hydrogen-bond donors (Lipinski definition) is 3. The van der Waals surface area contributed by atoms with Crippen LogP contribution in [0.5, 0.6) is 11.5 Å². The first-order valence-electron chi connectivity index (χ1n) is 7.93. The van der Waals surface area contributed by atoms with Crippen LogP contribution in [0.1, 0.15) is 15.9 Å². The van der Waals surface area contributed by atoms with Gasteiger partial charge in [-0.2, -0.15) is 0 Å². The molecule has 0 spiro atoms. The van der Waals surface area contributed by atoms with Gasteiger partial charge in [-0.1, -0.05) is 6.07 Å². The summed E-state index contributed by atoms with van der Waals surface area (Å²) in [5, 5.41) is 20.7. The SMILES string of the molecule is COc1cc(/C=C2/C(=O)NC(=O)N(c3ccc(C(=O)O)cc3)C2=O)ccc1O. The summed E-state index contributed by atoms with van der Waals surface area (Å²) in [4.78, 5) is 48.8. The zero-order chi connectivity index (χ0) is 20.4. The molecule has 1 aliphatic heterocycles. The van der Waals surface area contributed by atoms with Crippen molar-refractivity contribution in [3.8, 4) is 11.5 Å². The molecule has 0 unspecified atom stereocenters. The standard InChI is InChI=1S/C19H14N2O7/c1-28-15-9-10(2-7-14(15)22)8-13-16(23)20-19(27)21(17(13)24)12-5-3-11(4-6-12)18(25)26/h2-9,22H,1H3,(H,25,26)(H,20,23,27)/b13-8-. The number of aromatic hydroxyl groups is 1. The van der Waals surface area contributed by atoms with Crippen LogP contribution in [0.4, 0.5) is 10.5 Å². The molecule has 0 radical (unpaired) electrons. The summed E-state index contributed by atoms with van der Waals surface area (Å²) in [6, 6.07) is 8.34. The monoisotopic (exact) mass is 382 g/mol. The molecule has 4 amide bonds. The van der Waals surface area contributed by atoms with Crippen molar-refractivity contribution in [1.82, 2.24) is 5.32 Å². The van der Waals surface area contributed by atoms with Crippen molar-refractivity contribution in [2.24, 2.45) is 0 Å². The van der Waals surface area contributed by atoms with E-state index in [9.17, 15) is 24.3 Å². The Labute approximate surface area is 158 Å². The molecule has 0 aliphatic carbocycles. The fourth-order valence-electron chi connectivity index (χ4n) is 2.60. The highest BCUT2D eigenvalue weighted by Gasteiger charge is 2.36. The number of nitrogens with zero attached hydrogens (tertiary/aromatic N) is 1. The fraction of sp³-hybridized carbons (Fsp3) is 0.0526. The molecule has 0 bridgehead atoms. The molecule has 3 N–H and O–H groups in total. The van der Waals surface area contributed by atoms with E-state index in [4.69, 9.17) is 9.84 Å². The lowest BCUT2D eigenvalue weighted by Crippen LogP contribution is -2.54. The molecule has 0 aromatic heterocycles.